The molecule has 0 bridgehead atoms. The van der Waals surface area contributed by atoms with Crippen molar-refractivity contribution in [3.05, 3.63) is 46.7 Å². The van der Waals surface area contributed by atoms with Gasteiger partial charge in [0.15, 0.2) is 5.69 Å². The molecule has 0 unspecified atom stereocenters. The molecule has 6 heteroatoms. The average molecular weight is 319 g/mol. The third-order valence-electron chi connectivity index (χ3n) is 4.11. The topological polar surface area (TPSA) is 51.0 Å². The number of benzene rings is 1. The van der Waals surface area contributed by atoms with Gasteiger partial charge in [0, 0.05) is 17.6 Å². The van der Waals surface area contributed by atoms with Crippen molar-refractivity contribution in [2.45, 2.75) is 38.8 Å². The maximum atomic E-state index is 12.5. The first-order valence-corrected chi connectivity index (χ1v) is 7.97. The van der Waals surface area contributed by atoms with Gasteiger partial charge in [-0.2, -0.15) is 0 Å². The van der Waals surface area contributed by atoms with Crippen LogP contribution in [-0.2, 0) is 6.54 Å². The summed E-state index contributed by atoms with van der Waals surface area (Å²) in [6.45, 7) is 3.40. The fourth-order valence-corrected chi connectivity index (χ4v) is 3.02. The number of hydrogen-bond donors (Lipinski definition) is 0. The molecule has 0 N–H and O–H groups in total. The van der Waals surface area contributed by atoms with E-state index in [9.17, 15) is 4.79 Å². The molecule has 2 heterocycles. The summed E-state index contributed by atoms with van der Waals surface area (Å²) in [6, 6.07) is 7.88. The summed E-state index contributed by atoms with van der Waals surface area (Å²) in [5, 5.41) is 8.77. The number of piperidine rings is 1. The lowest BCUT2D eigenvalue weighted by Crippen LogP contribution is -2.42. The molecule has 1 atom stereocenters. The Morgan fingerprint density at radius 1 is 1.36 bits per heavy atom. The number of rotatable bonds is 3. The lowest BCUT2D eigenvalue weighted by Gasteiger charge is -2.32. The smallest absolute Gasteiger partial charge is 0.276 e. The Kier molecular flexibility index (Phi) is 4.43. The van der Waals surface area contributed by atoms with Crippen molar-refractivity contribution in [3.8, 4) is 0 Å². The minimum absolute atomic E-state index is 0.0300. The second kappa shape index (κ2) is 6.48. The zero-order valence-corrected chi connectivity index (χ0v) is 13.3. The number of halogens is 1. The first kappa shape index (κ1) is 15.0. The van der Waals surface area contributed by atoms with Gasteiger partial charge in [-0.05, 0) is 37.8 Å². The van der Waals surface area contributed by atoms with Crippen molar-refractivity contribution in [3.63, 3.8) is 0 Å². The molecule has 1 aliphatic heterocycles. The van der Waals surface area contributed by atoms with E-state index < -0.39 is 0 Å². The Hall–Kier alpha value is -1.88. The van der Waals surface area contributed by atoms with Crippen molar-refractivity contribution >= 4 is 17.5 Å². The monoisotopic (exact) mass is 318 g/mol. The molecule has 22 heavy (non-hydrogen) atoms. The molecular weight excluding hydrogens is 300 g/mol. The van der Waals surface area contributed by atoms with Gasteiger partial charge in [0.2, 0.25) is 0 Å². The van der Waals surface area contributed by atoms with Gasteiger partial charge >= 0.3 is 0 Å². The molecule has 5 nitrogen and oxygen atoms in total. The molecule has 3 rings (SSSR count). The largest absolute Gasteiger partial charge is 0.335 e. The molecule has 2 aromatic rings. The highest BCUT2D eigenvalue weighted by atomic mass is 35.5. The maximum Gasteiger partial charge on any atom is 0.276 e. The highest BCUT2D eigenvalue weighted by molar-refractivity contribution is 6.31. The van der Waals surface area contributed by atoms with Gasteiger partial charge in [-0.3, -0.25) is 4.79 Å². The van der Waals surface area contributed by atoms with E-state index in [1.807, 2.05) is 29.2 Å². The van der Waals surface area contributed by atoms with Crippen LogP contribution in [0.5, 0.6) is 0 Å². The summed E-state index contributed by atoms with van der Waals surface area (Å²) in [7, 11) is 0. The average Bonchev–Trinajstić information content (AvgIpc) is 2.98. The van der Waals surface area contributed by atoms with E-state index in [4.69, 9.17) is 11.6 Å². The summed E-state index contributed by atoms with van der Waals surface area (Å²) in [5.74, 6) is -0.0300. The van der Waals surface area contributed by atoms with Crippen LogP contribution in [0.2, 0.25) is 5.02 Å². The molecule has 1 aromatic carbocycles. The summed E-state index contributed by atoms with van der Waals surface area (Å²) in [4.78, 5) is 14.4. The summed E-state index contributed by atoms with van der Waals surface area (Å²) in [5.41, 5.74) is 1.36. The first-order chi connectivity index (χ1) is 10.6. The van der Waals surface area contributed by atoms with Gasteiger partial charge in [0.05, 0.1) is 12.7 Å². The third-order valence-corrected chi connectivity index (χ3v) is 4.48. The molecule has 0 spiro atoms. The Bertz CT molecular complexity index is 670. The predicted molar refractivity (Wildman–Crippen MR) is 84.9 cm³/mol. The number of hydrogen-bond acceptors (Lipinski definition) is 3. The van der Waals surface area contributed by atoms with Crippen LogP contribution in [0, 0.1) is 0 Å². The molecule has 1 saturated heterocycles. The van der Waals surface area contributed by atoms with Crippen LogP contribution in [0.25, 0.3) is 0 Å². The van der Waals surface area contributed by atoms with Crippen LogP contribution >= 0.6 is 11.6 Å². The van der Waals surface area contributed by atoms with E-state index in [0.717, 1.165) is 24.9 Å². The lowest BCUT2D eigenvalue weighted by atomic mass is 10.0. The second-order valence-corrected chi connectivity index (χ2v) is 6.14. The van der Waals surface area contributed by atoms with E-state index in [2.05, 4.69) is 17.2 Å². The molecule has 1 amide bonds. The van der Waals surface area contributed by atoms with Crippen LogP contribution in [-0.4, -0.2) is 38.4 Å². The van der Waals surface area contributed by atoms with Gasteiger partial charge < -0.3 is 4.90 Å². The van der Waals surface area contributed by atoms with Crippen LogP contribution in [0.4, 0.5) is 0 Å². The van der Waals surface area contributed by atoms with Crippen molar-refractivity contribution in [1.82, 2.24) is 19.9 Å². The molecule has 0 saturated carbocycles. The molecular formula is C16H19ClN4O. The highest BCUT2D eigenvalue weighted by Gasteiger charge is 2.26. The Balaban J connectivity index is 1.73. The van der Waals surface area contributed by atoms with Crippen LogP contribution < -0.4 is 0 Å². The SMILES string of the molecule is C[C@@H]1CCCCN1C(=O)c1cn(Cc2ccccc2Cl)nn1. The molecule has 0 radical (unpaired) electrons. The van der Waals surface area contributed by atoms with E-state index in [1.165, 1.54) is 6.42 Å². The normalized spacial score (nSPS) is 18.5. The van der Waals surface area contributed by atoms with Gasteiger partial charge in [0.1, 0.15) is 0 Å². The van der Waals surface area contributed by atoms with E-state index in [1.54, 1.807) is 10.9 Å². The van der Waals surface area contributed by atoms with Crippen molar-refractivity contribution < 1.29 is 4.79 Å². The minimum atomic E-state index is -0.0300. The quantitative estimate of drug-likeness (QED) is 0.874. The summed E-state index contributed by atoms with van der Waals surface area (Å²) >= 11 is 6.15. The van der Waals surface area contributed by atoms with Crippen LogP contribution in [0.15, 0.2) is 30.5 Å². The summed E-state index contributed by atoms with van der Waals surface area (Å²) in [6.07, 6.45) is 5.00. The van der Waals surface area contributed by atoms with E-state index in [-0.39, 0.29) is 11.9 Å². The zero-order valence-electron chi connectivity index (χ0n) is 12.6. The first-order valence-electron chi connectivity index (χ1n) is 7.59. The number of nitrogens with zero attached hydrogens (tertiary/aromatic N) is 4. The fraction of sp³-hybridized carbons (Fsp3) is 0.438. The highest BCUT2D eigenvalue weighted by Crippen LogP contribution is 2.19. The molecule has 1 aromatic heterocycles. The Morgan fingerprint density at radius 3 is 2.95 bits per heavy atom. The van der Waals surface area contributed by atoms with Crippen molar-refractivity contribution in [1.29, 1.82) is 0 Å². The summed E-state index contributed by atoms with van der Waals surface area (Å²) < 4.78 is 1.66. The molecule has 1 aliphatic rings. The third kappa shape index (κ3) is 3.14. The predicted octanol–water partition coefficient (Wildman–Crippen LogP) is 2.99. The molecule has 116 valence electrons. The van der Waals surface area contributed by atoms with E-state index >= 15 is 0 Å². The Labute approximate surface area is 134 Å². The van der Waals surface area contributed by atoms with Gasteiger partial charge in [0.25, 0.3) is 5.91 Å². The standard InChI is InChI=1S/C16H19ClN4O/c1-12-6-4-5-9-21(12)16(22)15-11-20(19-18-15)10-13-7-2-3-8-14(13)17/h2-3,7-8,11-12H,4-6,9-10H2,1H3/t12-/m1/s1. The number of amides is 1. The maximum absolute atomic E-state index is 12.5. The van der Waals surface area contributed by atoms with Gasteiger partial charge in [-0.15, -0.1) is 5.10 Å². The van der Waals surface area contributed by atoms with Gasteiger partial charge in [-0.25, -0.2) is 4.68 Å². The number of carbonyl (C=O) groups excluding carboxylic acids is 1. The molecule has 1 fully saturated rings. The van der Waals surface area contributed by atoms with E-state index in [0.29, 0.717) is 17.3 Å². The van der Waals surface area contributed by atoms with Crippen LogP contribution in [0.1, 0.15) is 42.2 Å². The minimum Gasteiger partial charge on any atom is -0.335 e. The zero-order chi connectivity index (χ0) is 15.5. The van der Waals surface area contributed by atoms with Crippen molar-refractivity contribution in [2.24, 2.45) is 0 Å². The van der Waals surface area contributed by atoms with Crippen LogP contribution in [0.3, 0.4) is 0 Å². The second-order valence-electron chi connectivity index (χ2n) is 5.74. The number of carbonyl (C=O) groups is 1. The van der Waals surface area contributed by atoms with Crippen molar-refractivity contribution in [2.75, 3.05) is 6.54 Å². The number of likely N-dealkylation sites (tertiary alicyclic amines) is 1. The fourth-order valence-electron chi connectivity index (χ4n) is 2.82. The molecule has 0 aliphatic carbocycles. The Morgan fingerprint density at radius 2 is 2.18 bits per heavy atom. The number of aromatic nitrogens is 3. The van der Waals surface area contributed by atoms with Gasteiger partial charge in [-0.1, -0.05) is 35.0 Å². The lowest BCUT2D eigenvalue weighted by molar-refractivity contribution is 0.0629.